The number of nitrogens with zero attached hydrogens (tertiary/aromatic N) is 4. The van der Waals surface area contributed by atoms with Crippen molar-refractivity contribution < 1.29 is 9.47 Å². The quantitative estimate of drug-likeness (QED) is 0.189. The summed E-state index contributed by atoms with van der Waals surface area (Å²) in [7, 11) is 1.63. The van der Waals surface area contributed by atoms with E-state index < -0.39 is 0 Å². The van der Waals surface area contributed by atoms with Crippen LogP contribution in [0.15, 0.2) is 78.1 Å². The summed E-state index contributed by atoms with van der Waals surface area (Å²) in [6.07, 6.45) is 5.38. The number of pyridine rings is 1. The maximum absolute atomic E-state index is 6.13. The zero-order valence-corrected chi connectivity index (χ0v) is 24.2. The summed E-state index contributed by atoms with van der Waals surface area (Å²) in [6.45, 7) is 12.1. The van der Waals surface area contributed by atoms with E-state index in [2.05, 4.69) is 83.6 Å². The first-order valence-corrected chi connectivity index (χ1v) is 13.8. The summed E-state index contributed by atoms with van der Waals surface area (Å²) in [5.74, 6) is 1.45. The molecule has 3 heterocycles. The Balaban J connectivity index is 1.43. The molecular formula is C32H34N4O2S. The molecule has 0 spiro atoms. The highest BCUT2D eigenvalue weighted by atomic mass is 32.2. The lowest BCUT2D eigenvalue weighted by Crippen LogP contribution is -2.07. The molecule has 0 saturated carbocycles. The number of benzene rings is 2. The monoisotopic (exact) mass is 538 g/mol. The Morgan fingerprint density at radius 2 is 1.62 bits per heavy atom. The van der Waals surface area contributed by atoms with Crippen LogP contribution < -0.4 is 9.47 Å². The van der Waals surface area contributed by atoms with E-state index in [1.165, 1.54) is 27.1 Å². The van der Waals surface area contributed by atoms with Gasteiger partial charge in [0.1, 0.15) is 12.4 Å². The van der Waals surface area contributed by atoms with Gasteiger partial charge in [0.15, 0.2) is 0 Å². The molecule has 0 fully saturated rings. The third kappa shape index (κ3) is 6.25. The zero-order valence-electron chi connectivity index (χ0n) is 23.4. The molecule has 0 aliphatic heterocycles. The molecule has 0 N–H and O–H groups in total. The van der Waals surface area contributed by atoms with E-state index in [-0.39, 0.29) is 4.75 Å². The molecule has 0 radical (unpaired) electrons. The van der Waals surface area contributed by atoms with Gasteiger partial charge in [0, 0.05) is 56.8 Å². The van der Waals surface area contributed by atoms with Crippen LogP contribution >= 0.6 is 11.8 Å². The van der Waals surface area contributed by atoms with Gasteiger partial charge in [0.05, 0.1) is 24.7 Å². The molecule has 3 aromatic heterocycles. The van der Waals surface area contributed by atoms with Crippen molar-refractivity contribution in [3.8, 4) is 22.8 Å². The van der Waals surface area contributed by atoms with E-state index in [9.17, 15) is 0 Å². The first-order valence-electron chi connectivity index (χ1n) is 13.0. The number of thioether (sulfide) groups is 1. The maximum Gasteiger partial charge on any atom is 0.212 e. The standard InChI is InChI=1S/C32H34N4O2S/c1-21-16-34-26(18-33-21)20-38-27-12-13-29-28(15-27)31(39-32(3,4)5)22(2)36(29)19-23-7-9-24(10-8-23)25-11-14-30(37-6)35-17-25/h7-18H,19-20H2,1-6H3. The SMILES string of the molecule is COc1ccc(-c2ccc(Cn3c(C)c(SC(C)(C)C)c4cc(OCc5cnc(C)cn5)ccc43)cc2)cn1. The number of rotatable bonds is 8. The van der Waals surface area contributed by atoms with Crippen LogP contribution in [0, 0.1) is 13.8 Å². The molecule has 0 atom stereocenters. The Labute approximate surface area is 234 Å². The molecule has 0 unspecified atom stereocenters. The lowest BCUT2D eigenvalue weighted by Gasteiger charge is -2.18. The normalized spacial score (nSPS) is 11.6. The van der Waals surface area contributed by atoms with E-state index in [1.54, 1.807) is 19.5 Å². The van der Waals surface area contributed by atoms with Crippen LogP contribution in [0.25, 0.3) is 22.0 Å². The number of aromatic nitrogens is 4. The molecule has 2 aromatic carbocycles. The molecule has 6 nitrogen and oxygen atoms in total. The van der Waals surface area contributed by atoms with E-state index in [1.807, 2.05) is 43.1 Å². The van der Waals surface area contributed by atoms with Gasteiger partial charge >= 0.3 is 0 Å². The minimum atomic E-state index is 0.0757. The Morgan fingerprint density at radius 1 is 0.846 bits per heavy atom. The van der Waals surface area contributed by atoms with Crippen molar-refractivity contribution in [2.24, 2.45) is 0 Å². The Morgan fingerprint density at radius 3 is 2.26 bits per heavy atom. The molecule has 0 amide bonds. The van der Waals surface area contributed by atoms with Crippen LogP contribution in [0.1, 0.15) is 43.4 Å². The zero-order chi connectivity index (χ0) is 27.6. The molecule has 7 heteroatoms. The number of hydrogen-bond acceptors (Lipinski definition) is 6. The molecule has 39 heavy (non-hydrogen) atoms. The fraction of sp³-hybridized carbons (Fsp3) is 0.281. The van der Waals surface area contributed by atoms with E-state index in [0.29, 0.717) is 12.5 Å². The molecule has 5 rings (SSSR count). The number of aryl methyl sites for hydroxylation is 1. The summed E-state index contributed by atoms with van der Waals surface area (Å²) >= 11 is 1.90. The van der Waals surface area contributed by atoms with Gasteiger partial charge in [-0.3, -0.25) is 9.97 Å². The van der Waals surface area contributed by atoms with Crippen LogP contribution in [-0.4, -0.2) is 31.4 Å². The fourth-order valence-corrected chi connectivity index (χ4v) is 5.61. The fourth-order valence-electron chi connectivity index (χ4n) is 4.47. The molecular weight excluding hydrogens is 504 g/mol. The minimum absolute atomic E-state index is 0.0757. The van der Waals surface area contributed by atoms with Crippen LogP contribution in [0.2, 0.25) is 0 Å². The lowest BCUT2D eigenvalue weighted by atomic mass is 10.1. The van der Waals surface area contributed by atoms with E-state index in [4.69, 9.17) is 9.47 Å². The molecule has 0 saturated heterocycles. The van der Waals surface area contributed by atoms with Crippen molar-refractivity contribution in [3.63, 3.8) is 0 Å². The average molecular weight is 539 g/mol. The van der Waals surface area contributed by atoms with Crippen LogP contribution in [0.3, 0.4) is 0 Å². The highest BCUT2D eigenvalue weighted by Gasteiger charge is 2.21. The van der Waals surface area contributed by atoms with Crippen LogP contribution in [0.4, 0.5) is 0 Å². The van der Waals surface area contributed by atoms with Gasteiger partial charge in [-0.25, -0.2) is 4.98 Å². The number of methoxy groups -OCH3 is 1. The number of fused-ring (bicyclic) bond motifs is 1. The highest BCUT2D eigenvalue weighted by molar-refractivity contribution is 8.00. The van der Waals surface area contributed by atoms with Gasteiger partial charge < -0.3 is 14.0 Å². The Bertz CT molecular complexity index is 1570. The van der Waals surface area contributed by atoms with Crippen molar-refractivity contribution in [2.75, 3.05) is 7.11 Å². The van der Waals surface area contributed by atoms with Gasteiger partial charge in [0.25, 0.3) is 0 Å². The summed E-state index contributed by atoms with van der Waals surface area (Å²) in [5, 5.41) is 1.21. The summed E-state index contributed by atoms with van der Waals surface area (Å²) < 4.78 is 13.8. The van der Waals surface area contributed by atoms with Crippen LogP contribution in [-0.2, 0) is 13.2 Å². The number of ether oxygens (including phenoxy) is 2. The third-order valence-electron chi connectivity index (χ3n) is 6.44. The molecule has 0 bridgehead atoms. The van der Waals surface area contributed by atoms with Crippen molar-refractivity contribution in [3.05, 3.63) is 95.8 Å². The molecule has 0 aliphatic carbocycles. The van der Waals surface area contributed by atoms with Gasteiger partial charge in [-0.2, -0.15) is 0 Å². The lowest BCUT2D eigenvalue weighted by molar-refractivity contribution is 0.301. The Kier molecular flexibility index (Phi) is 7.62. The predicted octanol–water partition coefficient (Wildman–Crippen LogP) is 7.64. The summed E-state index contributed by atoms with van der Waals surface area (Å²) in [5.41, 5.74) is 7.61. The van der Waals surface area contributed by atoms with E-state index >= 15 is 0 Å². The van der Waals surface area contributed by atoms with Crippen molar-refractivity contribution in [2.45, 2.75) is 57.4 Å². The van der Waals surface area contributed by atoms with Crippen molar-refractivity contribution >= 4 is 22.7 Å². The third-order valence-corrected chi connectivity index (χ3v) is 7.77. The maximum atomic E-state index is 6.13. The van der Waals surface area contributed by atoms with Gasteiger partial charge in [-0.15, -0.1) is 11.8 Å². The highest BCUT2D eigenvalue weighted by Crippen LogP contribution is 2.42. The second-order valence-corrected chi connectivity index (χ2v) is 12.5. The molecule has 5 aromatic rings. The molecule has 200 valence electrons. The first-order chi connectivity index (χ1) is 18.7. The second kappa shape index (κ2) is 11.1. The van der Waals surface area contributed by atoms with E-state index in [0.717, 1.165) is 34.8 Å². The van der Waals surface area contributed by atoms with Gasteiger partial charge in [-0.1, -0.05) is 45.0 Å². The summed E-state index contributed by atoms with van der Waals surface area (Å²) in [6, 6.07) is 19.0. The minimum Gasteiger partial charge on any atom is -0.487 e. The topological polar surface area (TPSA) is 62.1 Å². The second-order valence-electron chi connectivity index (χ2n) is 10.6. The molecule has 0 aliphatic rings. The Hall–Kier alpha value is -3.84. The van der Waals surface area contributed by atoms with Gasteiger partial charge in [0.2, 0.25) is 5.88 Å². The smallest absolute Gasteiger partial charge is 0.212 e. The average Bonchev–Trinajstić information content (AvgIpc) is 3.17. The number of hydrogen-bond donors (Lipinski definition) is 0. The van der Waals surface area contributed by atoms with Crippen LogP contribution in [0.5, 0.6) is 11.6 Å². The van der Waals surface area contributed by atoms with Crippen molar-refractivity contribution in [1.82, 2.24) is 19.5 Å². The van der Waals surface area contributed by atoms with Crippen molar-refractivity contribution in [1.29, 1.82) is 0 Å². The summed E-state index contributed by atoms with van der Waals surface area (Å²) in [4.78, 5) is 14.4. The predicted molar refractivity (Wildman–Crippen MR) is 159 cm³/mol. The first kappa shape index (κ1) is 26.8. The largest absolute Gasteiger partial charge is 0.487 e. The van der Waals surface area contributed by atoms with Gasteiger partial charge in [-0.05, 0) is 49.2 Å².